The Morgan fingerprint density at radius 2 is 1.89 bits per heavy atom. The summed E-state index contributed by atoms with van der Waals surface area (Å²) >= 11 is 13.6. The lowest BCUT2D eigenvalue weighted by atomic mass is 10.2. The van der Waals surface area contributed by atoms with Gasteiger partial charge in [-0.3, -0.25) is 9.59 Å². The van der Waals surface area contributed by atoms with Crippen LogP contribution in [0.4, 0.5) is 4.39 Å². The van der Waals surface area contributed by atoms with Crippen molar-refractivity contribution < 1.29 is 18.7 Å². The van der Waals surface area contributed by atoms with E-state index >= 15 is 0 Å². The number of rotatable bonds is 4. The maximum Gasteiger partial charge on any atom is 0.286 e. The van der Waals surface area contributed by atoms with Crippen molar-refractivity contribution in [2.45, 2.75) is 13.5 Å². The van der Waals surface area contributed by atoms with Gasteiger partial charge in [0.05, 0.1) is 15.0 Å². The average molecular weight is 439 g/mol. The fourth-order valence-corrected chi connectivity index (χ4v) is 3.77. The summed E-state index contributed by atoms with van der Waals surface area (Å²) < 4.78 is 18.6. The van der Waals surface area contributed by atoms with Gasteiger partial charge in [-0.05, 0) is 53.2 Å². The fraction of sp³-hybridized carbons (Fsp3) is 0.105. The average Bonchev–Trinajstić information content (AvgIpc) is 2.94. The molecule has 0 saturated heterocycles. The quantitative estimate of drug-likeness (QED) is 0.694. The van der Waals surface area contributed by atoms with Gasteiger partial charge in [0.25, 0.3) is 5.91 Å². The van der Waals surface area contributed by atoms with E-state index in [0.29, 0.717) is 10.5 Å². The number of benzene rings is 2. The zero-order valence-electron chi connectivity index (χ0n) is 14.5. The molecule has 0 aromatic heterocycles. The van der Waals surface area contributed by atoms with Crippen LogP contribution in [-0.4, -0.2) is 17.0 Å². The monoisotopic (exact) mass is 438 g/mol. The second-order valence-electron chi connectivity index (χ2n) is 5.74. The first-order valence-corrected chi connectivity index (χ1v) is 9.55. The predicted octanol–water partition coefficient (Wildman–Crippen LogP) is 4.82. The Morgan fingerprint density at radius 3 is 2.50 bits per heavy atom. The van der Waals surface area contributed by atoms with Gasteiger partial charge in [0.1, 0.15) is 12.4 Å². The molecule has 0 unspecified atom stereocenters. The van der Waals surface area contributed by atoms with Crippen molar-refractivity contribution in [3.05, 3.63) is 68.3 Å². The molecule has 0 saturated carbocycles. The zero-order chi connectivity index (χ0) is 20.3. The van der Waals surface area contributed by atoms with Crippen LogP contribution < -0.4 is 10.1 Å². The molecule has 0 spiro atoms. The molecule has 1 aliphatic heterocycles. The van der Waals surface area contributed by atoms with E-state index in [9.17, 15) is 14.0 Å². The van der Waals surface area contributed by atoms with Gasteiger partial charge in [-0.25, -0.2) is 4.39 Å². The van der Waals surface area contributed by atoms with Crippen molar-refractivity contribution in [1.29, 1.82) is 0 Å². The number of amides is 2. The summed E-state index contributed by atoms with van der Waals surface area (Å²) in [6.45, 7) is 1.50. The maximum absolute atomic E-state index is 13.0. The first-order chi connectivity index (χ1) is 13.3. The number of carbonyl (C=O) groups is 2. The standard InChI is InChI=1S/C19H13Cl2FN2O3S/c1-10(25)23-19-24-18(26)16(28-19)8-12-6-14(20)17(15(21)7-12)27-9-11-2-4-13(22)5-3-11/h2-8H,9H2,1H3,(H,23,24,25,26)/b16-8+. The molecule has 144 valence electrons. The van der Waals surface area contributed by atoms with Gasteiger partial charge in [-0.15, -0.1) is 0 Å². The van der Waals surface area contributed by atoms with Crippen LogP contribution in [0.5, 0.6) is 5.75 Å². The third-order valence-corrected chi connectivity index (χ3v) is 4.98. The minimum Gasteiger partial charge on any atom is -0.486 e. The number of thioether (sulfide) groups is 1. The Bertz CT molecular complexity index is 984. The van der Waals surface area contributed by atoms with Crippen molar-refractivity contribution in [2.75, 3.05) is 0 Å². The molecule has 9 heteroatoms. The van der Waals surface area contributed by atoms with Gasteiger partial charge in [0.2, 0.25) is 5.91 Å². The molecule has 28 heavy (non-hydrogen) atoms. The lowest BCUT2D eigenvalue weighted by molar-refractivity contribution is -0.117. The van der Waals surface area contributed by atoms with E-state index in [2.05, 4.69) is 10.3 Å². The summed E-state index contributed by atoms with van der Waals surface area (Å²) in [5.41, 5.74) is 1.34. The van der Waals surface area contributed by atoms with E-state index in [1.165, 1.54) is 19.1 Å². The first-order valence-electron chi connectivity index (χ1n) is 7.98. The summed E-state index contributed by atoms with van der Waals surface area (Å²) in [4.78, 5) is 27.1. The largest absolute Gasteiger partial charge is 0.486 e. The van der Waals surface area contributed by atoms with E-state index < -0.39 is 5.91 Å². The van der Waals surface area contributed by atoms with E-state index in [0.717, 1.165) is 17.3 Å². The van der Waals surface area contributed by atoms with Crippen molar-refractivity contribution >= 4 is 58.0 Å². The van der Waals surface area contributed by atoms with E-state index in [-0.39, 0.29) is 39.3 Å². The van der Waals surface area contributed by atoms with Crippen molar-refractivity contribution in [3.8, 4) is 5.75 Å². The smallest absolute Gasteiger partial charge is 0.286 e. The van der Waals surface area contributed by atoms with Gasteiger partial charge < -0.3 is 10.1 Å². The predicted molar refractivity (Wildman–Crippen MR) is 109 cm³/mol. The Kier molecular flexibility index (Phi) is 6.39. The lowest BCUT2D eigenvalue weighted by Gasteiger charge is -2.11. The summed E-state index contributed by atoms with van der Waals surface area (Å²) in [6.07, 6.45) is 1.58. The first kappa shape index (κ1) is 20.4. The Labute approximate surface area is 174 Å². The van der Waals surface area contributed by atoms with Crippen LogP contribution >= 0.6 is 35.0 Å². The minimum atomic E-state index is -0.461. The van der Waals surface area contributed by atoms with Gasteiger partial charge >= 0.3 is 0 Å². The number of nitrogens with zero attached hydrogens (tertiary/aromatic N) is 1. The molecule has 2 aromatic carbocycles. The number of carbonyl (C=O) groups excluding carboxylic acids is 2. The molecular weight excluding hydrogens is 426 g/mol. The van der Waals surface area contributed by atoms with Gasteiger partial charge in [-0.1, -0.05) is 35.3 Å². The topological polar surface area (TPSA) is 67.8 Å². The number of amidine groups is 1. The molecule has 0 atom stereocenters. The van der Waals surface area contributed by atoms with Gasteiger partial charge in [0, 0.05) is 6.92 Å². The second kappa shape index (κ2) is 8.77. The normalized spacial score (nSPS) is 14.9. The van der Waals surface area contributed by atoms with Crippen molar-refractivity contribution in [2.24, 2.45) is 4.99 Å². The Morgan fingerprint density at radius 1 is 1.25 bits per heavy atom. The molecule has 0 radical (unpaired) electrons. The Hall–Kier alpha value is -2.35. The number of halogens is 3. The van der Waals surface area contributed by atoms with Crippen molar-refractivity contribution in [3.63, 3.8) is 0 Å². The Balaban J connectivity index is 1.74. The molecule has 3 rings (SSSR count). The number of nitrogens with one attached hydrogen (secondary N) is 1. The van der Waals surface area contributed by atoms with E-state index in [4.69, 9.17) is 27.9 Å². The summed E-state index contributed by atoms with van der Waals surface area (Å²) in [5, 5.41) is 3.22. The third kappa shape index (κ3) is 5.13. The highest BCUT2D eigenvalue weighted by molar-refractivity contribution is 8.18. The van der Waals surface area contributed by atoms with E-state index in [1.54, 1.807) is 30.3 Å². The highest BCUT2D eigenvalue weighted by Gasteiger charge is 2.23. The SMILES string of the molecule is CC(=O)NC1=NC(=O)/C(=C\c2cc(Cl)c(OCc3ccc(F)cc3)c(Cl)c2)S1. The summed E-state index contributed by atoms with van der Waals surface area (Å²) in [6, 6.07) is 9.09. The van der Waals surface area contributed by atoms with Gasteiger partial charge in [0.15, 0.2) is 10.9 Å². The molecular formula is C19H13Cl2FN2O3S. The van der Waals surface area contributed by atoms with Crippen LogP contribution in [-0.2, 0) is 16.2 Å². The van der Waals surface area contributed by atoms with Crippen LogP contribution in [0.2, 0.25) is 10.0 Å². The number of aliphatic imine (C=N–C) groups is 1. The third-order valence-electron chi connectivity index (χ3n) is 3.52. The molecule has 1 aliphatic rings. The highest BCUT2D eigenvalue weighted by atomic mass is 35.5. The minimum absolute atomic E-state index is 0.169. The van der Waals surface area contributed by atoms with Crippen LogP contribution in [0.15, 0.2) is 46.3 Å². The van der Waals surface area contributed by atoms with Crippen LogP contribution in [0.25, 0.3) is 6.08 Å². The molecule has 0 aliphatic carbocycles. The molecule has 5 nitrogen and oxygen atoms in total. The maximum atomic E-state index is 13.0. The van der Waals surface area contributed by atoms with Crippen LogP contribution in [0.3, 0.4) is 0 Å². The number of hydrogen-bond donors (Lipinski definition) is 1. The van der Waals surface area contributed by atoms with Crippen LogP contribution in [0.1, 0.15) is 18.1 Å². The second-order valence-corrected chi connectivity index (χ2v) is 7.59. The fourth-order valence-electron chi connectivity index (χ4n) is 2.30. The summed E-state index contributed by atoms with van der Waals surface area (Å²) in [7, 11) is 0. The molecule has 1 N–H and O–H groups in total. The molecule has 0 bridgehead atoms. The molecule has 0 fully saturated rings. The highest BCUT2D eigenvalue weighted by Crippen LogP contribution is 2.36. The van der Waals surface area contributed by atoms with Gasteiger partial charge in [-0.2, -0.15) is 4.99 Å². The van der Waals surface area contributed by atoms with Crippen LogP contribution in [0, 0.1) is 5.82 Å². The molecule has 1 heterocycles. The molecule has 2 amide bonds. The summed E-state index contributed by atoms with van der Waals surface area (Å²) in [5.74, 6) is -0.816. The molecule has 2 aromatic rings. The zero-order valence-corrected chi connectivity index (χ0v) is 16.8. The lowest BCUT2D eigenvalue weighted by Crippen LogP contribution is -2.23. The van der Waals surface area contributed by atoms with Crippen molar-refractivity contribution in [1.82, 2.24) is 5.32 Å². The number of ether oxygens (including phenoxy) is 1. The number of hydrogen-bond acceptors (Lipinski definition) is 4. The van der Waals surface area contributed by atoms with E-state index in [1.807, 2.05) is 0 Å².